The number of ketones is 1. The lowest BCUT2D eigenvalue weighted by molar-refractivity contribution is -0.118. The number of benzene rings is 1. The molecule has 0 saturated carbocycles. The van der Waals surface area contributed by atoms with Gasteiger partial charge >= 0.3 is 0 Å². The van der Waals surface area contributed by atoms with E-state index in [1.165, 1.54) is 0 Å². The largest absolute Gasteiger partial charge is 0.399 e. The molecule has 0 unspecified atom stereocenters. The molecule has 0 radical (unpaired) electrons. The Kier molecular flexibility index (Phi) is 3.92. The van der Waals surface area contributed by atoms with Crippen molar-refractivity contribution < 1.29 is 4.79 Å². The molecule has 1 rings (SSSR count). The molecular weight excluding hydrogens is 174 g/mol. The molecule has 0 saturated heterocycles. The van der Waals surface area contributed by atoms with Gasteiger partial charge in [-0.2, -0.15) is 0 Å². The Morgan fingerprint density at radius 1 is 1.36 bits per heavy atom. The molecule has 74 valence electrons. The van der Waals surface area contributed by atoms with Crippen molar-refractivity contribution in [1.29, 1.82) is 0 Å². The third-order valence-corrected chi connectivity index (χ3v) is 2.04. The molecule has 0 aliphatic rings. The van der Waals surface area contributed by atoms with Gasteiger partial charge in [-0.05, 0) is 24.1 Å². The van der Waals surface area contributed by atoms with Crippen LogP contribution in [0.3, 0.4) is 0 Å². The van der Waals surface area contributed by atoms with Crippen molar-refractivity contribution in [2.75, 3.05) is 5.73 Å². The van der Waals surface area contributed by atoms with E-state index in [0.29, 0.717) is 12.8 Å². The van der Waals surface area contributed by atoms with Gasteiger partial charge in [-0.25, -0.2) is 0 Å². The van der Waals surface area contributed by atoms with Gasteiger partial charge in [0.05, 0.1) is 0 Å². The Labute approximate surface area is 84.4 Å². The molecule has 0 aliphatic heterocycles. The summed E-state index contributed by atoms with van der Waals surface area (Å²) in [6.07, 6.45) is 3.48. The molecule has 14 heavy (non-hydrogen) atoms. The number of allylic oxidation sites excluding steroid dienone is 1. The number of carbonyl (C=O) groups excluding carboxylic acids is 1. The van der Waals surface area contributed by atoms with Crippen LogP contribution in [-0.4, -0.2) is 5.78 Å². The van der Waals surface area contributed by atoms with Crippen LogP contribution in [0.4, 0.5) is 5.69 Å². The number of carbonyl (C=O) groups is 1. The van der Waals surface area contributed by atoms with Gasteiger partial charge < -0.3 is 5.73 Å². The summed E-state index contributed by atoms with van der Waals surface area (Å²) in [4.78, 5) is 11.2. The highest BCUT2D eigenvalue weighted by Crippen LogP contribution is 2.08. The van der Waals surface area contributed by atoms with Crippen LogP contribution in [0.5, 0.6) is 0 Å². The maximum atomic E-state index is 11.2. The molecular formula is C12H15NO. The summed E-state index contributed by atoms with van der Waals surface area (Å²) in [5, 5.41) is 0. The van der Waals surface area contributed by atoms with E-state index in [9.17, 15) is 4.79 Å². The zero-order valence-corrected chi connectivity index (χ0v) is 8.20. The Bertz CT molecular complexity index is 314. The van der Waals surface area contributed by atoms with Gasteiger partial charge in [0.2, 0.25) is 0 Å². The summed E-state index contributed by atoms with van der Waals surface area (Å²) < 4.78 is 0. The molecule has 1 aromatic rings. The van der Waals surface area contributed by atoms with Crippen molar-refractivity contribution in [2.24, 2.45) is 0 Å². The molecule has 0 heterocycles. The zero-order chi connectivity index (χ0) is 10.4. The van der Waals surface area contributed by atoms with Gasteiger partial charge in [-0.3, -0.25) is 4.79 Å². The van der Waals surface area contributed by atoms with E-state index < -0.39 is 0 Å². The number of hydrogen-bond acceptors (Lipinski definition) is 2. The highest BCUT2D eigenvalue weighted by atomic mass is 16.1. The van der Waals surface area contributed by atoms with Crippen molar-refractivity contribution in [1.82, 2.24) is 0 Å². The first kappa shape index (κ1) is 10.5. The fraction of sp³-hybridized carbons (Fsp3) is 0.250. The summed E-state index contributed by atoms with van der Waals surface area (Å²) in [6.45, 7) is 3.53. The fourth-order valence-corrected chi connectivity index (χ4v) is 1.23. The van der Waals surface area contributed by atoms with Crippen molar-refractivity contribution in [3.8, 4) is 0 Å². The predicted octanol–water partition coefficient (Wildman–Crippen LogP) is 2.35. The van der Waals surface area contributed by atoms with Gasteiger partial charge in [0.15, 0.2) is 0 Å². The number of nitrogen functional groups attached to an aromatic ring is 1. The second kappa shape index (κ2) is 5.22. The van der Waals surface area contributed by atoms with Crippen LogP contribution in [0.25, 0.3) is 0 Å². The number of nitrogens with two attached hydrogens (primary N) is 1. The molecule has 2 N–H and O–H groups in total. The van der Waals surface area contributed by atoms with Gasteiger partial charge in [0.25, 0.3) is 0 Å². The van der Waals surface area contributed by atoms with E-state index in [1.54, 1.807) is 6.08 Å². The van der Waals surface area contributed by atoms with E-state index in [2.05, 4.69) is 6.58 Å². The summed E-state index contributed by atoms with van der Waals surface area (Å²) in [7, 11) is 0. The molecule has 0 spiro atoms. The molecule has 2 nitrogen and oxygen atoms in total. The van der Waals surface area contributed by atoms with E-state index >= 15 is 0 Å². The predicted molar refractivity (Wildman–Crippen MR) is 59.0 cm³/mol. The van der Waals surface area contributed by atoms with E-state index in [4.69, 9.17) is 5.73 Å². The number of Topliss-reactive ketones (excluding diaryl/α,β-unsaturated/α-hetero) is 1. The highest BCUT2D eigenvalue weighted by Gasteiger charge is 1.99. The molecule has 0 amide bonds. The van der Waals surface area contributed by atoms with Crippen molar-refractivity contribution >= 4 is 11.5 Å². The monoisotopic (exact) mass is 189 g/mol. The molecule has 1 aromatic carbocycles. The molecule has 0 bridgehead atoms. The van der Waals surface area contributed by atoms with Crippen LogP contribution in [0.2, 0.25) is 0 Å². The van der Waals surface area contributed by atoms with Crippen molar-refractivity contribution in [2.45, 2.75) is 19.3 Å². The van der Waals surface area contributed by atoms with Gasteiger partial charge in [0.1, 0.15) is 5.78 Å². The summed E-state index contributed by atoms with van der Waals surface area (Å²) >= 11 is 0. The minimum atomic E-state index is 0.233. The lowest BCUT2D eigenvalue weighted by atomic mass is 10.1. The average molecular weight is 189 g/mol. The van der Waals surface area contributed by atoms with Gasteiger partial charge in [-0.1, -0.05) is 18.2 Å². The number of hydrogen-bond donors (Lipinski definition) is 1. The number of aryl methyl sites for hydroxylation is 1. The molecule has 0 fully saturated rings. The molecule has 0 aromatic heterocycles. The smallest absolute Gasteiger partial charge is 0.136 e. The normalized spacial score (nSPS) is 9.71. The first-order chi connectivity index (χ1) is 6.72. The Hall–Kier alpha value is -1.57. The topological polar surface area (TPSA) is 43.1 Å². The molecule has 2 heteroatoms. The maximum Gasteiger partial charge on any atom is 0.136 e. The average Bonchev–Trinajstić information content (AvgIpc) is 2.17. The van der Waals surface area contributed by atoms with Crippen LogP contribution < -0.4 is 5.73 Å². The van der Waals surface area contributed by atoms with E-state index in [1.807, 2.05) is 24.3 Å². The second-order valence-corrected chi connectivity index (χ2v) is 3.27. The lowest BCUT2D eigenvalue weighted by Crippen LogP contribution is -1.98. The quantitative estimate of drug-likeness (QED) is 0.570. The van der Waals surface area contributed by atoms with Crippen LogP contribution >= 0.6 is 0 Å². The first-order valence-electron chi connectivity index (χ1n) is 4.69. The van der Waals surface area contributed by atoms with Crippen molar-refractivity contribution in [3.05, 3.63) is 42.5 Å². The minimum absolute atomic E-state index is 0.233. The summed E-state index contributed by atoms with van der Waals surface area (Å²) in [5.74, 6) is 0.233. The Morgan fingerprint density at radius 2 is 2.00 bits per heavy atom. The Morgan fingerprint density at radius 3 is 2.57 bits per heavy atom. The second-order valence-electron chi connectivity index (χ2n) is 3.27. The first-order valence-corrected chi connectivity index (χ1v) is 4.69. The number of anilines is 1. The van der Waals surface area contributed by atoms with E-state index in [0.717, 1.165) is 17.7 Å². The standard InChI is InChI=1S/C12H15NO/c1-2-3-12(14)9-6-10-4-7-11(13)8-5-10/h2,4-5,7-8H,1,3,6,9,13H2. The molecule has 0 aliphatic carbocycles. The number of rotatable bonds is 5. The Balaban J connectivity index is 2.41. The zero-order valence-electron chi connectivity index (χ0n) is 8.20. The fourth-order valence-electron chi connectivity index (χ4n) is 1.23. The lowest BCUT2D eigenvalue weighted by Gasteiger charge is -2.00. The summed E-state index contributed by atoms with van der Waals surface area (Å²) in [5.41, 5.74) is 7.46. The van der Waals surface area contributed by atoms with Crippen LogP contribution in [0.1, 0.15) is 18.4 Å². The van der Waals surface area contributed by atoms with Crippen molar-refractivity contribution in [3.63, 3.8) is 0 Å². The maximum absolute atomic E-state index is 11.2. The SMILES string of the molecule is C=CCC(=O)CCc1ccc(N)cc1. The molecule has 0 atom stereocenters. The third kappa shape index (κ3) is 3.44. The van der Waals surface area contributed by atoms with Crippen LogP contribution in [0, 0.1) is 0 Å². The van der Waals surface area contributed by atoms with Gasteiger partial charge in [-0.15, -0.1) is 6.58 Å². The van der Waals surface area contributed by atoms with E-state index in [-0.39, 0.29) is 5.78 Å². The highest BCUT2D eigenvalue weighted by molar-refractivity contribution is 5.79. The third-order valence-electron chi connectivity index (χ3n) is 2.04. The van der Waals surface area contributed by atoms with Crippen LogP contribution in [-0.2, 0) is 11.2 Å². The van der Waals surface area contributed by atoms with Crippen LogP contribution in [0.15, 0.2) is 36.9 Å². The van der Waals surface area contributed by atoms with Gasteiger partial charge in [0, 0.05) is 18.5 Å². The summed E-state index contributed by atoms with van der Waals surface area (Å²) in [6, 6.07) is 7.62. The minimum Gasteiger partial charge on any atom is -0.399 e.